The number of nitrogens with zero attached hydrogens (tertiary/aromatic N) is 1. The number of nitrogens with one attached hydrogen (secondary N) is 1. The molecule has 0 radical (unpaired) electrons. The smallest absolute Gasteiger partial charge is 0.223 e. The highest BCUT2D eigenvalue weighted by atomic mass is 16.6. The van der Waals surface area contributed by atoms with Gasteiger partial charge in [0, 0.05) is 31.8 Å². The average Bonchev–Trinajstić information content (AvgIpc) is 3.74. The van der Waals surface area contributed by atoms with Gasteiger partial charge in [-0.3, -0.25) is 24.1 Å². The number of rotatable bonds is 15. The predicted molar refractivity (Wildman–Crippen MR) is 158 cm³/mol. The van der Waals surface area contributed by atoms with Gasteiger partial charge in [0.25, 0.3) is 0 Å². The first-order valence-corrected chi connectivity index (χ1v) is 14.6. The highest BCUT2D eigenvalue weighted by Crippen LogP contribution is 2.36. The summed E-state index contributed by atoms with van der Waals surface area (Å²) >= 11 is 0. The van der Waals surface area contributed by atoms with Gasteiger partial charge in [0.05, 0.1) is 45.4 Å². The van der Waals surface area contributed by atoms with Gasteiger partial charge in [0.1, 0.15) is 17.1 Å². The third kappa shape index (κ3) is 8.56. The fraction of sp³-hybridized carbons (Fsp3) is 0.515. The van der Waals surface area contributed by atoms with E-state index in [-0.39, 0.29) is 49.1 Å². The Kier molecular flexibility index (Phi) is 10.6. The second-order valence-electron chi connectivity index (χ2n) is 11.7. The molecule has 0 spiro atoms. The number of hydrogen-bond acceptors (Lipinski definition) is 8. The normalized spacial score (nSPS) is 20.7. The first-order valence-electron chi connectivity index (χ1n) is 14.6. The van der Waals surface area contributed by atoms with Gasteiger partial charge in [-0.1, -0.05) is 48.9 Å². The summed E-state index contributed by atoms with van der Waals surface area (Å²) in [6.45, 7) is 8.55. The predicted octanol–water partition coefficient (Wildman–Crippen LogP) is 3.06. The van der Waals surface area contributed by atoms with Gasteiger partial charge >= 0.3 is 0 Å². The van der Waals surface area contributed by atoms with E-state index in [2.05, 4.69) is 5.32 Å². The van der Waals surface area contributed by atoms with Gasteiger partial charge in [0.15, 0.2) is 11.6 Å². The Morgan fingerprint density at radius 1 is 1.05 bits per heavy atom. The number of carbonyl (C=O) groups excluding carboxylic acids is 4. The van der Waals surface area contributed by atoms with E-state index in [1.165, 1.54) is 0 Å². The Morgan fingerprint density at radius 3 is 2.36 bits per heavy atom. The van der Waals surface area contributed by atoms with Crippen molar-refractivity contribution in [3.8, 4) is 5.75 Å². The van der Waals surface area contributed by atoms with Crippen molar-refractivity contribution < 1.29 is 33.4 Å². The van der Waals surface area contributed by atoms with Crippen LogP contribution in [-0.4, -0.2) is 86.4 Å². The van der Waals surface area contributed by atoms with E-state index < -0.39 is 23.5 Å². The number of morpholine rings is 1. The van der Waals surface area contributed by atoms with Crippen LogP contribution in [0, 0.1) is 12.8 Å². The number of ketones is 3. The minimum absolute atomic E-state index is 0.0274. The molecule has 0 bridgehead atoms. The molecule has 0 aromatic heterocycles. The molecule has 4 atom stereocenters. The number of amides is 1. The van der Waals surface area contributed by atoms with Crippen LogP contribution in [0.5, 0.6) is 5.75 Å². The third-order valence-corrected chi connectivity index (χ3v) is 8.05. The van der Waals surface area contributed by atoms with Crippen LogP contribution in [0.1, 0.15) is 49.3 Å². The molecule has 2 fully saturated rings. The summed E-state index contributed by atoms with van der Waals surface area (Å²) in [5.41, 5.74) is 1.67. The molecule has 9 heteroatoms. The number of ether oxygens (including phenoxy) is 3. The molecule has 0 aliphatic carbocycles. The maximum atomic E-state index is 13.9. The summed E-state index contributed by atoms with van der Waals surface area (Å²) < 4.78 is 16.1. The van der Waals surface area contributed by atoms with Crippen molar-refractivity contribution in [1.29, 1.82) is 0 Å². The molecule has 9 nitrogen and oxygen atoms in total. The van der Waals surface area contributed by atoms with E-state index in [0.717, 1.165) is 16.7 Å². The lowest BCUT2D eigenvalue weighted by Gasteiger charge is -2.26. The lowest BCUT2D eigenvalue weighted by atomic mass is 9.82. The standard InChI is InChI=1S/C33H42N2O7/c1-22-6-5-7-25(16-22)28(31(38)33(3)21-42-33)19-30(37)29(18-24-8-10-27(40-4)11-9-24)34-32(39)23(2)17-26(36)20-35-12-14-41-15-13-35/h5-11,16,23,28-29H,12-15,17-21H2,1-4H3,(H,34,39)/t23-,28+,29+,33-/m1/s1. The fourth-order valence-electron chi connectivity index (χ4n) is 5.28. The lowest BCUT2D eigenvalue weighted by molar-refractivity contribution is -0.133. The molecular formula is C33H42N2O7. The van der Waals surface area contributed by atoms with Crippen LogP contribution in [0.15, 0.2) is 48.5 Å². The van der Waals surface area contributed by atoms with Crippen molar-refractivity contribution in [2.24, 2.45) is 5.92 Å². The van der Waals surface area contributed by atoms with Crippen molar-refractivity contribution in [3.05, 3.63) is 65.2 Å². The van der Waals surface area contributed by atoms with Crippen molar-refractivity contribution in [3.63, 3.8) is 0 Å². The maximum absolute atomic E-state index is 13.9. The Balaban J connectivity index is 1.50. The van der Waals surface area contributed by atoms with Crippen LogP contribution in [0.2, 0.25) is 0 Å². The van der Waals surface area contributed by atoms with Gasteiger partial charge in [-0.15, -0.1) is 0 Å². The molecule has 0 saturated carbocycles. The Bertz CT molecular complexity index is 1270. The summed E-state index contributed by atoms with van der Waals surface area (Å²) in [5.74, 6) is -1.42. The molecule has 2 heterocycles. The largest absolute Gasteiger partial charge is 0.497 e. The molecule has 0 unspecified atom stereocenters. The second kappa shape index (κ2) is 14.2. The number of benzene rings is 2. The minimum Gasteiger partial charge on any atom is -0.497 e. The Hall–Kier alpha value is -3.40. The summed E-state index contributed by atoms with van der Waals surface area (Å²) in [7, 11) is 1.58. The number of carbonyl (C=O) groups is 4. The van der Waals surface area contributed by atoms with E-state index in [1.54, 1.807) is 33.1 Å². The Labute approximate surface area is 247 Å². The van der Waals surface area contributed by atoms with Gasteiger partial charge in [-0.2, -0.15) is 0 Å². The summed E-state index contributed by atoms with van der Waals surface area (Å²) in [5, 5.41) is 2.92. The van der Waals surface area contributed by atoms with Crippen molar-refractivity contribution in [2.45, 2.75) is 57.6 Å². The molecule has 1 amide bonds. The van der Waals surface area contributed by atoms with Gasteiger partial charge in [-0.25, -0.2) is 0 Å². The first-order chi connectivity index (χ1) is 20.1. The molecule has 2 aromatic rings. The zero-order valence-electron chi connectivity index (χ0n) is 25.0. The average molecular weight is 579 g/mol. The van der Waals surface area contributed by atoms with Crippen LogP contribution >= 0.6 is 0 Å². The van der Waals surface area contributed by atoms with Crippen LogP contribution in [0.4, 0.5) is 0 Å². The molecule has 226 valence electrons. The van der Waals surface area contributed by atoms with E-state index >= 15 is 0 Å². The number of hydrogen-bond donors (Lipinski definition) is 1. The molecule has 2 aromatic carbocycles. The molecule has 2 saturated heterocycles. The van der Waals surface area contributed by atoms with Gasteiger partial charge in [-0.05, 0) is 43.5 Å². The zero-order chi connectivity index (χ0) is 30.3. The zero-order valence-corrected chi connectivity index (χ0v) is 25.0. The van der Waals surface area contributed by atoms with Gasteiger partial charge in [0.2, 0.25) is 5.91 Å². The minimum atomic E-state index is -0.904. The number of aryl methyl sites for hydroxylation is 1. The monoisotopic (exact) mass is 578 g/mol. The van der Waals surface area contributed by atoms with Crippen molar-refractivity contribution in [1.82, 2.24) is 10.2 Å². The van der Waals surface area contributed by atoms with Crippen LogP contribution < -0.4 is 10.1 Å². The lowest BCUT2D eigenvalue weighted by Crippen LogP contribution is -2.46. The van der Waals surface area contributed by atoms with Crippen molar-refractivity contribution >= 4 is 23.3 Å². The fourth-order valence-corrected chi connectivity index (χ4v) is 5.28. The van der Waals surface area contributed by atoms with E-state index in [1.807, 2.05) is 48.2 Å². The number of epoxide rings is 1. The van der Waals surface area contributed by atoms with E-state index in [4.69, 9.17) is 14.2 Å². The van der Waals surface area contributed by atoms with Crippen molar-refractivity contribution in [2.75, 3.05) is 46.6 Å². The topological polar surface area (TPSA) is 115 Å². The third-order valence-electron chi connectivity index (χ3n) is 8.05. The summed E-state index contributed by atoms with van der Waals surface area (Å²) in [6, 6.07) is 14.0. The number of Topliss-reactive ketones (excluding diaryl/α,β-unsaturated/α-hetero) is 3. The quantitative estimate of drug-likeness (QED) is 0.321. The van der Waals surface area contributed by atoms with Gasteiger partial charge < -0.3 is 19.5 Å². The second-order valence-corrected chi connectivity index (χ2v) is 11.7. The highest BCUT2D eigenvalue weighted by Gasteiger charge is 2.50. The van der Waals surface area contributed by atoms with Crippen LogP contribution in [0.3, 0.4) is 0 Å². The van der Waals surface area contributed by atoms with E-state index in [9.17, 15) is 19.2 Å². The Morgan fingerprint density at radius 2 is 1.74 bits per heavy atom. The number of methoxy groups -OCH3 is 1. The molecule has 42 heavy (non-hydrogen) atoms. The molecule has 1 N–H and O–H groups in total. The molecule has 2 aliphatic heterocycles. The summed E-state index contributed by atoms with van der Waals surface area (Å²) in [4.78, 5) is 55.5. The van der Waals surface area contributed by atoms with Crippen LogP contribution in [-0.2, 0) is 35.1 Å². The summed E-state index contributed by atoms with van der Waals surface area (Å²) in [6.07, 6.45) is 0.241. The van der Waals surface area contributed by atoms with Crippen LogP contribution in [0.25, 0.3) is 0 Å². The first kappa shape index (κ1) is 31.5. The molecule has 2 aliphatic rings. The van der Waals surface area contributed by atoms with E-state index in [0.29, 0.717) is 38.7 Å². The maximum Gasteiger partial charge on any atom is 0.223 e. The highest BCUT2D eigenvalue weighted by molar-refractivity contribution is 6.00. The molecular weight excluding hydrogens is 536 g/mol. The molecule has 4 rings (SSSR count). The SMILES string of the molecule is COc1ccc(C[C@H](NC(=O)[C@H](C)CC(=O)CN2CCOCC2)C(=O)C[C@H](C(=O)[C@@]2(C)CO2)c2cccc(C)c2)cc1.